The molecule has 120 valence electrons. The van der Waals surface area contributed by atoms with Gasteiger partial charge in [-0.15, -0.1) is 0 Å². The van der Waals surface area contributed by atoms with Crippen LogP contribution in [0.1, 0.15) is 16.7 Å². The Hall–Kier alpha value is -2.18. The van der Waals surface area contributed by atoms with E-state index in [9.17, 15) is 13.2 Å². The lowest BCUT2D eigenvalue weighted by atomic mass is 10.1. The zero-order valence-electron chi connectivity index (χ0n) is 13.0. The van der Waals surface area contributed by atoms with Crippen LogP contribution < -0.4 is 9.62 Å². The molecule has 1 aliphatic rings. The quantitative estimate of drug-likeness (QED) is 0.932. The summed E-state index contributed by atoms with van der Waals surface area (Å²) in [5, 5.41) is 0. The normalized spacial score (nSPS) is 14.2. The molecule has 0 aromatic heterocycles. The minimum Gasteiger partial charge on any atom is -0.315 e. The summed E-state index contributed by atoms with van der Waals surface area (Å²) in [4.78, 5) is 13.6. The van der Waals surface area contributed by atoms with E-state index in [0.29, 0.717) is 6.42 Å². The highest BCUT2D eigenvalue weighted by atomic mass is 32.2. The highest BCUT2D eigenvalue weighted by molar-refractivity contribution is 7.89. The zero-order chi connectivity index (χ0) is 16.6. The van der Waals surface area contributed by atoms with Gasteiger partial charge in [-0.3, -0.25) is 4.79 Å². The van der Waals surface area contributed by atoms with Crippen molar-refractivity contribution in [1.29, 1.82) is 0 Å². The molecule has 0 radical (unpaired) electrons. The van der Waals surface area contributed by atoms with Gasteiger partial charge in [0.1, 0.15) is 0 Å². The maximum atomic E-state index is 12.3. The lowest BCUT2D eigenvalue weighted by Crippen LogP contribution is -2.23. The predicted molar refractivity (Wildman–Crippen MR) is 88.8 cm³/mol. The Bertz CT molecular complexity index is 875. The number of aryl methyl sites for hydroxylation is 1. The predicted octanol–water partition coefficient (Wildman–Crippen LogP) is 1.99. The second-order valence-electron chi connectivity index (χ2n) is 5.73. The van der Waals surface area contributed by atoms with Crippen molar-refractivity contribution >= 4 is 21.6 Å². The molecular formula is C17H18N2O3S. The van der Waals surface area contributed by atoms with Crippen LogP contribution in [0.2, 0.25) is 0 Å². The largest absolute Gasteiger partial charge is 0.315 e. The number of nitrogens with zero attached hydrogens (tertiary/aromatic N) is 1. The maximum absolute atomic E-state index is 12.3. The van der Waals surface area contributed by atoms with Crippen LogP contribution in [-0.2, 0) is 27.8 Å². The van der Waals surface area contributed by atoms with Crippen LogP contribution in [0.4, 0.5) is 5.69 Å². The zero-order valence-corrected chi connectivity index (χ0v) is 13.9. The summed E-state index contributed by atoms with van der Waals surface area (Å²) < 4.78 is 27.3. The summed E-state index contributed by atoms with van der Waals surface area (Å²) in [6.07, 6.45) is 0.365. The van der Waals surface area contributed by atoms with Crippen molar-refractivity contribution in [3.05, 3.63) is 59.2 Å². The number of carbonyl (C=O) groups is 1. The number of rotatable bonds is 4. The van der Waals surface area contributed by atoms with Gasteiger partial charge in [0.25, 0.3) is 0 Å². The molecule has 1 aliphatic heterocycles. The minimum atomic E-state index is -3.54. The molecule has 0 saturated carbocycles. The summed E-state index contributed by atoms with van der Waals surface area (Å²) in [5.74, 6) is 0.0532. The fraction of sp³-hybridized carbons (Fsp3) is 0.235. The van der Waals surface area contributed by atoms with E-state index in [1.54, 1.807) is 30.1 Å². The van der Waals surface area contributed by atoms with Gasteiger partial charge in [0.15, 0.2) is 0 Å². The highest BCUT2D eigenvalue weighted by Gasteiger charge is 2.24. The summed E-state index contributed by atoms with van der Waals surface area (Å²) in [6, 6.07) is 12.4. The van der Waals surface area contributed by atoms with Crippen molar-refractivity contribution in [3.63, 3.8) is 0 Å². The van der Waals surface area contributed by atoms with Crippen LogP contribution in [0.25, 0.3) is 0 Å². The number of sulfonamides is 1. The first-order valence-electron chi connectivity index (χ1n) is 7.31. The number of carbonyl (C=O) groups excluding carboxylic acids is 1. The maximum Gasteiger partial charge on any atom is 0.240 e. The summed E-state index contributed by atoms with van der Waals surface area (Å²) in [6.45, 7) is 2.05. The first-order valence-corrected chi connectivity index (χ1v) is 8.80. The van der Waals surface area contributed by atoms with Gasteiger partial charge in [-0.2, -0.15) is 0 Å². The molecule has 0 spiro atoms. The van der Waals surface area contributed by atoms with Gasteiger partial charge in [0, 0.05) is 19.3 Å². The number of nitrogens with one attached hydrogen (secondary N) is 1. The molecule has 0 fully saturated rings. The third kappa shape index (κ3) is 3.13. The van der Waals surface area contributed by atoms with Crippen LogP contribution in [0.3, 0.4) is 0 Å². The molecule has 6 heteroatoms. The van der Waals surface area contributed by atoms with Crippen LogP contribution >= 0.6 is 0 Å². The fourth-order valence-corrected chi connectivity index (χ4v) is 3.80. The third-order valence-corrected chi connectivity index (χ3v) is 5.39. The molecule has 0 unspecified atom stereocenters. The van der Waals surface area contributed by atoms with Crippen LogP contribution in [0.5, 0.6) is 0 Å². The SMILES string of the molecule is Cc1cccc(S(=O)(=O)NCc2ccc3c(c2)CC(=O)N3C)c1. The molecule has 2 aromatic rings. The van der Waals surface area contributed by atoms with Crippen molar-refractivity contribution in [3.8, 4) is 0 Å². The first kappa shape index (κ1) is 15.7. The number of hydrogen-bond acceptors (Lipinski definition) is 3. The Balaban J connectivity index is 1.77. The number of likely N-dealkylation sites (N-methyl/N-ethyl adjacent to an activating group) is 1. The second kappa shape index (κ2) is 5.79. The Morgan fingerprint density at radius 2 is 1.96 bits per heavy atom. The molecule has 0 atom stereocenters. The molecule has 5 nitrogen and oxygen atoms in total. The average Bonchev–Trinajstić information content (AvgIpc) is 2.80. The number of amides is 1. The molecule has 3 rings (SSSR count). The standard InChI is InChI=1S/C17H18N2O3S/c1-12-4-3-5-15(8-12)23(21,22)18-11-13-6-7-16-14(9-13)10-17(20)19(16)2/h3-9,18H,10-11H2,1-2H3. The molecule has 0 bridgehead atoms. The smallest absolute Gasteiger partial charge is 0.240 e. The van der Waals surface area contributed by atoms with Gasteiger partial charge in [0.05, 0.1) is 11.3 Å². The van der Waals surface area contributed by atoms with Crippen molar-refractivity contribution in [2.45, 2.75) is 24.8 Å². The molecule has 0 saturated heterocycles. The Labute approximate surface area is 136 Å². The van der Waals surface area contributed by atoms with E-state index in [2.05, 4.69) is 4.72 Å². The van der Waals surface area contributed by atoms with E-state index >= 15 is 0 Å². The van der Waals surface area contributed by atoms with Gasteiger partial charge in [0.2, 0.25) is 15.9 Å². The van der Waals surface area contributed by atoms with E-state index < -0.39 is 10.0 Å². The highest BCUT2D eigenvalue weighted by Crippen LogP contribution is 2.28. The molecular weight excluding hydrogens is 312 g/mol. The molecule has 1 amide bonds. The Morgan fingerprint density at radius 1 is 1.17 bits per heavy atom. The van der Waals surface area contributed by atoms with Crippen LogP contribution in [0, 0.1) is 6.92 Å². The Morgan fingerprint density at radius 3 is 2.70 bits per heavy atom. The first-order chi connectivity index (χ1) is 10.9. The fourth-order valence-electron chi connectivity index (χ4n) is 2.68. The van der Waals surface area contributed by atoms with E-state index in [1.807, 2.05) is 31.2 Å². The van der Waals surface area contributed by atoms with Gasteiger partial charge in [-0.25, -0.2) is 13.1 Å². The summed E-state index contributed by atoms with van der Waals surface area (Å²) in [7, 11) is -1.80. The average molecular weight is 330 g/mol. The van der Waals surface area contributed by atoms with Crippen molar-refractivity contribution in [2.75, 3.05) is 11.9 Å². The van der Waals surface area contributed by atoms with E-state index in [4.69, 9.17) is 0 Å². The number of anilines is 1. The van der Waals surface area contributed by atoms with Crippen LogP contribution in [-0.4, -0.2) is 21.4 Å². The summed E-state index contributed by atoms with van der Waals surface area (Å²) in [5.41, 5.74) is 3.56. The van der Waals surface area contributed by atoms with Gasteiger partial charge in [-0.1, -0.05) is 24.3 Å². The van der Waals surface area contributed by atoms with Crippen molar-refractivity contribution < 1.29 is 13.2 Å². The van der Waals surface area contributed by atoms with Gasteiger partial charge in [-0.05, 0) is 41.8 Å². The molecule has 1 heterocycles. The Kier molecular flexibility index (Phi) is 3.95. The van der Waals surface area contributed by atoms with E-state index in [0.717, 1.165) is 22.4 Å². The summed E-state index contributed by atoms with van der Waals surface area (Å²) >= 11 is 0. The van der Waals surface area contributed by atoms with E-state index in [-0.39, 0.29) is 17.3 Å². The number of fused-ring (bicyclic) bond motifs is 1. The molecule has 23 heavy (non-hydrogen) atoms. The monoisotopic (exact) mass is 330 g/mol. The number of benzene rings is 2. The minimum absolute atomic E-state index is 0.0532. The van der Waals surface area contributed by atoms with Crippen LogP contribution in [0.15, 0.2) is 47.4 Å². The van der Waals surface area contributed by atoms with E-state index in [1.165, 1.54) is 0 Å². The van der Waals surface area contributed by atoms with Gasteiger partial charge >= 0.3 is 0 Å². The molecule has 0 aliphatic carbocycles. The number of hydrogen-bond donors (Lipinski definition) is 1. The van der Waals surface area contributed by atoms with Crippen molar-refractivity contribution in [2.24, 2.45) is 0 Å². The lowest BCUT2D eigenvalue weighted by Gasteiger charge is -2.11. The second-order valence-corrected chi connectivity index (χ2v) is 7.50. The molecule has 1 N–H and O–H groups in total. The van der Waals surface area contributed by atoms with Gasteiger partial charge < -0.3 is 4.90 Å². The topological polar surface area (TPSA) is 66.5 Å². The lowest BCUT2D eigenvalue weighted by molar-refractivity contribution is -0.117. The third-order valence-electron chi connectivity index (χ3n) is 3.99. The molecule has 2 aromatic carbocycles. The van der Waals surface area contributed by atoms with Crippen molar-refractivity contribution in [1.82, 2.24) is 4.72 Å².